The summed E-state index contributed by atoms with van der Waals surface area (Å²) in [5, 5.41) is 19.6. The minimum absolute atomic E-state index is 0.0585. The molecule has 0 heterocycles. The molecule has 0 aliphatic rings. The third-order valence-electron chi connectivity index (χ3n) is 4.87. The lowest BCUT2D eigenvalue weighted by atomic mass is 10.2. The number of benzene rings is 4. The summed E-state index contributed by atoms with van der Waals surface area (Å²) in [4.78, 5) is 10.2. The molecule has 0 saturated heterocycles. The van der Waals surface area contributed by atoms with E-state index in [9.17, 15) is 18.5 Å². The molecule has 0 amide bonds. The van der Waals surface area contributed by atoms with Crippen molar-refractivity contribution in [2.75, 3.05) is 4.72 Å². The second kappa shape index (κ2) is 11.0. The summed E-state index contributed by atoms with van der Waals surface area (Å²) in [6, 6.07) is 26.1. The standard InChI is InChI=1S/C25H19ClN4O5S/c26-22-11-4-5-12-23(22)29-36(33,34)25-16-19(30(31)32)13-14-24(25)28-27-17-18-7-6-10-21(15-18)35-20-8-2-1-3-9-20/h1-16,29H,17H2. The molecule has 0 bridgehead atoms. The van der Waals surface area contributed by atoms with Crippen LogP contribution in [0.1, 0.15) is 5.56 Å². The first-order valence-corrected chi connectivity index (χ1v) is 12.4. The van der Waals surface area contributed by atoms with Gasteiger partial charge in [-0.1, -0.05) is 54.1 Å². The molecule has 0 unspecified atom stereocenters. The predicted molar refractivity (Wildman–Crippen MR) is 137 cm³/mol. The maximum Gasteiger partial charge on any atom is 0.270 e. The van der Waals surface area contributed by atoms with Crippen molar-refractivity contribution >= 4 is 38.7 Å². The van der Waals surface area contributed by atoms with E-state index < -0.39 is 25.5 Å². The summed E-state index contributed by atoms with van der Waals surface area (Å²) in [6.07, 6.45) is 0. The lowest BCUT2D eigenvalue weighted by Gasteiger charge is -2.11. The fourth-order valence-electron chi connectivity index (χ4n) is 3.18. The summed E-state index contributed by atoms with van der Waals surface area (Å²) in [5.74, 6) is 1.29. The Hall–Kier alpha value is -4.28. The SMILES string of the molecule is O=[N+]([O-])c1ccc(N=NCc2cccc(Oc3ccccc3)c2)c(S(=O)(=O)Nc2ccccc2Cl)c1. The molecule has 36 heavy (non-hydrogen) atoms. The molecule has 4 aromatic carbocycles. The van der Waals surface area contributed by atoms with Gasteiger partial charge in [0.1, 0.15) is 22.1 Å². The molecule has 1 N–H and O–H groups in total. The molecule has 0 radical (unpaired) electrons. The number of non-ortho nitro benzene ring substituents is 1. The normalized spacial score (nSPS) is 11.4. The minimum Gasteiger partial charge on any atom is -0.457 e. The summed E-state index contributed by atoms with van der Waals surface area (Å²) >= 11 is 6.07. The van der Waals surface area contributed by atoms with Crippen LogP contribution < -0.4 is 9.46 Å². The highest BCUT2D eigenvalue weighted by atomic mass is 35.5. The highest BCUT2D eigenvalue weighted by molar-refractivity contribution is 7.92. The van der Waals surface area contributed by atoms with Crippen LogP contribution in [0.25, 0.3) is 0 Å². The van der Waals surface area contributed by atoms with Crippen molar-refractivity contribution in [1.29, 1.82) is 0 Å². The van der Waals surface area contributed by atoms with Crippen LogP contribution >= 0.6 is 11.6 Å². The molecule has 0 atom stereocenters. The van der Waals surface area contributed by atoms with Gasteiger partial charge in [0.05, 0.1) is 22.2 Å². The van der Waals surface area contributed by atoms with Crippen molar-refractivity contribution in [2.45, 2.75) is 11.4 Å². The number of hydrogen-bond acceptors (Lipinski definition) is 7. The van der Waals surface area contributed by atoms with Crippen molar-refractivity contribution in [3.05, 3.63) is 118 Å². The predicted octanol–water partition coefficient (Wildman–Crippen LogP) is 7.13. The van der Waals surface area contributed by atoms with E-state index in [1.165, 1.54) is 18.2 Å². The van der Waals surface area contributed by atoms with Gasteiger partial charge in [-0.3, -0.25) is 14.8 Å². The van der Waals surface area contributed by atoms with Crippen molar-refractivity contribution in [2.24, 2.45) is 10.2 Å². The number of nitro benzene ring substituents is 1. The number of nitrogens with one attached hydrogen (secondary N) is 1. The lowest BCUT2D eigenvalue weighted by molar-refractivity contribution is -0.385. The van der Waals surface area contributed by atoms with Crippen LogP contribution in [0.15, 0.2) is 112 Å². The first kappa shape index (κ1) is 24.8. The Bertz CT molecular complexity index is 1530. The van der Waals surface area contributed by atoms with E-state index in [2.05, 4.69) is 15.0 Å². The maximum absolute atomic E-state index is 13.1. The summed E-state index contributed by atoms with van der Waals surface area (Å²) < 4.78 is 34.3. The Kier molecular flexibility index (Phi) is 7.57. The summed E-state index contributed by atoms with van der Waals surface area (Å²) in [6.45, 7) is 0.125. The monoisotopic (exact) mass is 522 g/mol. The van der Waals surface area contributed by atoms with Crippen molar-refractivity contribution in [1.82, 2.24) is 0 Å². The number of halogens is 1. The Morgan fingerprint density at radius 1 is 0.889 bits per heavy atom. The van der Waals surface area contributed by atoms with Gasteiger partial charge >= 0.3 is 0 Å². The van der Waals surface area contributed by atoms with Crippen LogP contribution in [-0.2, 0) is 16.6 Å². The van der Waals surface area contributed by atoms with Crippen molar-refractivity contribution in [3.8, 4) is 11.5 Å². The number of azo groups is 1. The van der Waals surface area contributed by atoms with Gasteiger partial charge in [0.2, 0.25) is 0 Å². The Balaban J connectivity index is 1.58. The van der Waals surface area contributed by atoms with E-state index in [0.29, 0.717) is 11.5 Å². The Morgan fingerprint density at radius 2 is 1.61 bits per heavy atom. The molecular weight excluding hydrogens is 504 g/mol. The average molecular weight is 523 g/mol. The molecule has 0 saturated carbocycles. The van der Waals surface area contributed by atoms with Gasteiger partial charge in [-0.15, -0.1) is 0 Å². The third kappa shape index (κ3) is 6.23. The molecule has 4 aromatic rings. The van der Waals surface area contributed by atoms with E-state index in [-0.39, 0.29) is 22.9 Å². The van der Waals surface area contributed by atoms with Gasteiger partial charge < -0.3 is 4.74 Å². The van der Waals surface area contributed by atoms with E-state index >= 15 is 0 Å². The summed E-state index contributed by atoms with van der Waals surface area (Å²) in [7, 11) is -4.27. The zero-order chi connectivity index (χ0) is 25.5. The number of para-hydroxylation sites is 2. The first-order chi connectivity index (χ1) is 17.3. The van der Waals surface area contributed by atoms with E-state index in [0.717, 1.165) is 17.7 Å². The van der Waals surface area contributed by atoms with Gasteiger partial charge in [-0.25, -0.2) is 8.42 Å². The zero-order valence-electron chi connectivity index (χ0n) is 18.6. The molecule has 182 valence electrons. The topological polar surface area (TPSA) is 123 Å². The molecule has 9 nitrogen and oxygen atoms in total. The number of rotatable bonds is 9. The van der Waals surface area contributed by atoms with Crippen LogP contribution in [0.4, 0.5) is 17.1 Å². The Labute approximate surface area is 212 Å². The number of nitrogens with zero attached hydrogens (tertiary/aromatic N) is 3. The van der Waals surface area contributed by atoms with Gasteiger partial charge in [-0.2, -0.15) is 10.2 Å². The quantitative estimate of drug-likeness (QED) is 0.142. The van der Waals surface area contributed by atoms with Crippen molar-refractivity contribution in [3.63, 3.8) is 0 Å². The number of hydrogen-bond donors (Lipinski definition) is 1. The number of nitro groups is 1. The van der Waals surface area contributed by atoms with Crippen molar-refractivity contribution < 1.29 is 18.1 Å². The fraction of sp³-hybridized carbons (Fsp3) is 0.0400. The average Bonchev–Trinajstić information content (AvgIpc) is 2.86. The first-order valence-electron chi connectivity index (χ1n) is 10.6. The Morgan fingerprint density at radius 3 is 2.36 bits per heavy atom. The number of sulfonamides is 1. The van der Waals surface area contributed by atoms with Crippen LogP contribution in [0.5, 0.6) is 11.5 Å². The highest BCUT2D eigenvalue weighted by Crippen LogP contribution is 2.32. The van der Waals surface area contributed by atoms with Gasteiger partial charge in [0, 0.05) is 12.1 Å². The molecule has 0 fully saturated rings. The molecule has 4 rings (SSSR count). The van der Waals surface area contributed by atoms with Gasteiger partial charge in [-0.05, 0) is 48.0 Å². The minimum atomic E-state index is -4.27. The second-order valence-corrected chi connectivity index (χ2v) is 9.51. The molecular formula is C25H19ClN4O5S. The van der Waals surface area contributed by atoms with E-state index in [4.69, 9.17) is 16.3 Å². The largest absolute Gasteiger partial charge is 0.457 e. The maximum atomic E-state index is 13.1. The highest BCUT2D eigenvalue weighted by Gasteiger charge is 2.23. The molecule has 0 spiro atoms. The van der Waals surface area contributed by atoms with E-state index in [1.807, 2.05) is 36.4 Å². The fourth-order valence-corrected chi connectivity index (χ4v) is 4.66. The smallest absolute Gasteiger partial charge is 0.270 e. The van der Waals surface area contributed by atoms with Gasteiger partial charge in [0.25, 0.3) is 15.7 Å². The molecule has 0 aliphatic heterocycles. The van der Waals surface area contributed by atoms with Crippen LogP contribution in [0.2, 0.25) is 5.02 Å². The zero-order valence-corrected chi connectivity index (χ0v) is 20.2. The summed E-state index contributed by atoms with van der Waals surface area (Å²) in [5.41, 5.74) is 0.438. The van der Waals surface area contributed by atoms with E-state index in [1.54, 1.807) is 30.3 Å². The molecule has 0 aromatic heterocycles. The number of ether oxygens (including phenoxy) is 1. The lowest BCUT2D eigenvalue weighted by Crippen LogP contribution is -2.13. The van der Waals surface area contributed by atoms with Crippen LogP contribution in [0, 0.1) is 10.1 Å². The van der Waals surface area contributed by atoms with Crippen LogP contribution in [-0.4, -0.2) is 13.3 Å². The third-order valence-corrected chi connectivity index (χ3v) is 6.60. The molecule has 0 aliphatic carbocycles. The van der Waals surface area contributed by atoms with Crippen LogP contribution in [0.3, 0.4) is 0 Å². The van der Waals surface area contributed by atoms with Gasteiger partial charge in [0.15, 0.2) is 0 Å². The number of anilines is 1. The molecule has 11 heteroatoms. The second-order valence-electron chi connectivity index (χ2n) is 7.46.